The number of carboxylic acids is 1. The number of halogens is 3. The quantitative estimate of drug-likeness (QED) is 0.750. The van der Waals surface area contributed by atoms with Crippen LogP contribution in [0.2, 0.25) is 0 Å². The summed E-state index contributed by atoms with van der Waals surface area (Å²) in [7, 11) is -1.43. The van der Waals surface area contributed by atoms with Gasteiger partial charge in [-0.1, -0.05) is 18.2 Å². The molecule has 0 saturated carbocycles. The second-order valence-electron chi connectivity index (χ2n) is 5.59. The van der Waals surface area contributed by atoms with Crippen molar-refractivity contribution in [2.24, 2.45) is 0 Å². The predicted molar refractivity (Wildman–Crippen MR) is 92.7 cm³/mol. The second-order valence-corrected chi connectivity index (χ2v) is 7.16. The van der Waals surface area contributed by atoms with E-state index >= 15 is 0 Å². The van der Waals surface area contributed by atoms with Crippen molar-refractivity contribution in [1.29, 1.82) is 0 Å². The molecule has 0 heterocycles. The largest absolute Gasteiger partial charge is 0.480 e. The second kappa shape index (κ2) is 8.81. The lowest BCUT2D eigenvalue weighted by molar-refractivity contribution is -0.139. The van der Waals surface area contributed by atoms with E-state index < -0.39 is 40.5 Å². The van der Waals surface area contributed by atoms with Gasteiger partial charge in [0.05, 0.1) is 16.4 Å². The summed E-state index contributed by atoms with van der Waals surface area (Å²) in [6.45, 7) is 0. The standard InChI is InChI=1S/C18H16F3NO4S/c19-18(20,21)13-8-6-12(7-9-13)16(23)22-15(17(24)25)10-11-27(26)14-4-2-1-3-5-14/h1-9,15H,10-11H2,(H,22,23)(H,24,25)/t15-,27-/m1/s1. The molecule has 2 rings (SSSR count). The van der Waals surface area contributed by atoms with Crippen LogP contribution in [0.15, 0.2) is 59.5 Å². The predicted octanol–water partition coefficient (Wildman–Crippen LogP) is 3.09. The molecule has 144 valence electrons. The molecule has 2 aromatic carbocycles. The monoisotopic (exact) mass is 399 g/mol. The van der Waals surface area contributed by atoms with E-state index in [2.05, 4.69) is 5.32 Å². The molecule has 0 aliphatic heterocycles. The summed E-state index contributed by atoms with van der Waals surface area (Å²) >= 11 is 0. The van der Waals surface area contributed by atoms with Gasteiger partial charge in [0.1, 0.15) is 6.04 Å². The van der Waals surface area contributed by atoms with E-state index in [-0.39, 0.29) is 17.7 Å². The van der Waals surface area contributed by atoms with Gasteiger partial charge in [0.2, 0.25) is 0 Å². The van der Waals surface area contributed by atoms with Gasteiger partial charge in [-0.05, 0) is 42.8 Å². The summed E-state index contributed by atoms with van der Waals surface area (Å²) in [4.78, 5) is 24.0. The minimum atomic E-state index is -4.53. The summed E-state index contributed by atoms with van der Waals surface area (Å²) in [5, 5.41) is 11.5. The minimum absolute atomic E-state index is 0.00821. The number of hydrogen-bond donors (Lipinski definition) is 2. The number of benzene rings is 2. The zero-order chi connectivity index (χ0) is 20.0. The van der Waals surface area contributed by atoms with Gasteiger partial charge in [0.15, 0.2) is 0 Å². The Morgan fingerprint density at radius 1 is 1.04 bits per heavy atom. The van der Waals surface area contributed by atoms with E-state index in [4.69, 9.17) is 0 Å². The summed E-state index contributed by atoms with van der Waals surface area (Å²) in [5.74, 6) is -2.13. The fourth-order valence-corrected chi connectivity index (χ4v) is 3.37. The molecule has 0 unspecified atom stereocenters. The Kier molecular flexibility index (Phi) is 6.73. The number of carbonyl (C=O) groups excluding carboxylic acids is 1. The zero-order valence-electron chi connectivity index (χ0n) is 13.9. The van der Waals surface area contributed by atoms with E-state index in [1.54, 1.807) is 30.3 Å². The first-order valence-corrected chi connectivity index (χ1v) is 9.14. The first kappa shape index (κ1) is 20.6. The van der Waals surface area contributed by atoms with Crippen molar-refractivity contribution in [2.45, 2.75) is 23.5 Å². The van der Waals surface area contributed by atoms with Crippen molar-refractivity contribution in [3.63, 3.8) is 0 Å². The highest BCUT2D eigenvalue weighted by molar-refractivity contribution is 7.85. The molecule has 5 nitrogen and oxygen atoms in total. The number of rotatable bonds is 7. The van der Waals surface area contributed by atoms with Gasteiger partial charge in [-0.3, -0.25) is 9.00 Å². The maximum absolute atomic E-state index is 12.5. The van der Waals surface area contributed by atoms with Crippen LogP contribution in [0.1, 0.15) is 22.3 Å². The van der Waals surface area contributed by atoms with Crippen molar-refractivity contribution in [3.8, 4) is 0 Å². The summed E-state index contributed by atoms with van der Waals surface area (Å²) < 4.78 is 49.8. The van der Waals surface area contributed by atoms with E-state index in [1.165, 1.54) is 0 Å². The Hall–Kier alpha value is -2.68. The van der Waals surface area contributed by atoms with Crippen LogP contribution in [0.4, 0.5) is 13.2 Å². The van der Waals surface area contributed by atoms with Crippen molar-refractivity contribution in [1.82, 2.24) is 5.32 Å². The van der Waals surface area contributed by atoms with Crippen molar-refractivity contribution in [3.05, 3.63) is 65.7 Å². The molecule has 0 aliphatic carbocycles. The Bertz CT molecular complexity index is 823. The van der Waals surface area contributed by atoms with Gasteiger partial charge in [0, 0.05) is 16.2 Å². The van der Waals surface area contributed by atoms with E-state index in [1.807, 2.05) is 0 Å². The number of carboxylic acid groups (broad SMARTS) is 1. The SMILES string of the molecule is O=C(N[C@H](CC[S@@](=O)c1ccccc1)C(=O)O)c1ccc(C(F)(F)F)cc1. The minimum Gasteiger partial charge on any atom is -0.480 e. The van der Waals surface area contributed by atoms with Crippen LogP contribution < -0.4 is 5.32 Å². The third-order valence-electron chi connectivity index (χ3n) is 3.68. The molecule has 0 spiro atoms. The third-order valence-corrected chi connectivity index (χ3v) is 5.08. The average Bonchev–Trinajstić information content (AvgIpc) is 2.64. The summed E-state index contributed by atoms with van der Waals surface area (Å²) in [5.41, 5.74) is -1.01. The molecule has 0 aromatic heterocycles. The normalized spacial score (nSPS) is 13.6. The first-order valence-electron chi connectivity index (χ1n) is 7.83. The Morgan fingerprint density at radius 3 is 2.15 bits per heavy atom. The summed E-state index contributed by atoms with van der Waals surface area (Å²) in [6.07, 6.45) is -4.62. The van der Waals surface area contributed by atoms with Crippen LogP contribution >= 0.6 is 0 Å². The van der Waals surface area contributed by atoms with Crippen LogP contribution in [0.25, 0.3) is 0 Å². The maximum atomic E-state index is 12.5. The fourth-order valence-electron chi connectivity index (χ4n) is 2.22. The van der Waals surface area contributed by atoms with Crippen LogP contribution in [0, 0.1) is 0 Å². The Balaban J connectivity index is 2.00. The van der Waals surface area contributed by atoms with Gasteiger partial charge in [-0.2, -0.15) is 13.2 Å². The molecule has 2 atom stereocenters. The lowest BCUT2D eigenvalue weighted by Gasteiger charge is -2.15. The van der Waals surface area contributed by atoms with Crippen LogP contribution in [0.3, 0.4) is 0 Å². The zero-order valence-corrected chi connectivity index (χ0v) is 14.7. The van der Waals surface area contributed by atoms with E-state index in [0.717, 1.165) is 24.3 Å². The number of alkyl halides is 3. The smallest absolute Gasteiger partial charge is 0.416 e. The summed E-state index contributed by atoms with van der Waals surface area (Å²) in [6, 6.07) is 10.6. The fraction of sp³-hybridized carbons (Fsp3) is 0.222. The topological polar surface area (TPSA) is 83.5 Å². The van der Waals surface area contributed by atoms with E-state index in [9.17, 15) is 32.1 Å². The highest BCUT2D eigenvalue weighted by Crippen LogP contribution is 2.29. The van der Waals surface area contributed by atoms with Gasteiger partial charge >= 0.3 is 12.1 Å². The van der Waals surface area contributed by atoms with Crippen molar-refractivity contribution in [2.75, 3.05) is 5.75 Å². The Morgan fingerprint density at radius 2 is 1.63 bits per heavy atom. The molecule has 2 N–H and O–H groups in total. The number of amides is 1. The van der Waals surface area contributed by atoms with Crippen LogP contribution in [0.5, 0.6) is 0 Å². The van der Waals surface area contributed by atoms with Gasteiger partial charge in [0.25, 0.3) is 5.91 Å². The first-order chi connectivity index (χ1) is 12.7. The molecule has 0 fully saturated rings. The molecule has 1 amide bonds. The van der Waals surface area contributed by atoms with Gasteiger partial charge in [-0.15, -0.1) is 0 Å². The van der Waals surface area contributed by atoms with Gasteiger partial charge < -0.3 is 10.4 Å². The van der Waals surface area contributed by atoms with Crippen LogP contribution in [-0.4, -0.2) is 33.0 Å². The number of aliphatic carboxylic acids is 1. The molecule has 0 saturated heterocycles. The number of carbonyl (C=O) groups is 2. The number of nitrogens with one attached hydrogen (secondary N) is 1. The van der Waals surface area contributed by atoms with Crippen molar-refractivity contribution >= 4 is 22.7 Å². The van der Waals surface area contributed by atoms with Crippen LogP contribution in [-0.2, 0) is 21.8 Å². The molecule has 0 bridgehead atoms. The highest BCUT2D eigenvalue weighted by atomic mass is 32.2. The highest BCUT2D eigenvalue weighted by Gasteiger charge is 2.30. The third kappa shape index (κ3) is 5.92. The van der Waals surface area contributed by atoms with Crippen molar-refractivity contribution < 1.29 is 32.1 Å². The Labute approximate surface area is 155 Å². The maximum Gasteiger partial charge on any atom is 0.416 e. The molecule has 0 radical (unpaired) electrons. The van der Waals surface area contributed by atoms with Gasteiger partial charge in [-0.25, -0.2) is 4.79 Å². The molecule has 2 aromatic rings. The molecule has 9 heteroatoms. The molecular formula is C18H16F3NO4S. The molecule has 0 aliphatic rings. The molecule has 27 heavy (non-hydrogen) atoms. The average molecular weight is 399 g/mol. The molecular weight excluding hydrogens is 383 g/mol. The number of hydrogen-bond acceptors (Lipinski definition) is 3. The van der Waals surface area contributed by atoms with E-state index in [0.29, 0.717) is 4.90 Å². The lowest BCUT2D eigenvalue weighted by Crippen LogP contribution is -2.41. The lowest BCUT2D eigenvalue weighted by atomic mass is 10.1.